The second-order valence-corrected chi connectivity index (χ2v) is 4.92. The Labute approximate surface area is 107 Å². The third-order valence-corrected chi connectivity index (χ3v) is 3.27. The molecule has 0 heterocycles. The van der Waals surface area contributed by atoms with Crippen LogP contribution >= 0.6 is 11.6 Å². The zero-order valence-electron chi connectivity index (χ0n) is 10.5. The summed E-state index contributed by atoms with van der Waals surface area (Å²) in [7, 11) is 1.46. The summed E-state index contributed by atoms with van der Waals surface area (Å²) in [4.78, 5) is 0. The second-order valence-electron chi connectivity index (χ2n) is 4.36. The highest BCUT2D eigenvalue weighted by Crippen LogP contribution is 2.17. The summed E-state index contributed by atoms with van der Waals surface area (Å²) in [5, 5.41) is 3.30. The van der Waals surface area contributed by atoms with Gasteiger partial charge < -0.3 is 10.1 Å². The fraction of sp³-hybridized carbons (Fsp3) is 0.538. The number of alkyl halides is 1. The third-order valence-electron chi connectivity index (χ3n) is 2.61. The van der Waals surface area contributed by atoms with Crippen molar-refractivity contribution >= 4 is 11.6 Å². The fourth-order valence-electron chi connectivity index (χ4n) is 1.41. The molecule has 0 fully saturated rings. The Bertz CT molecular complexity index is 357. The Kier molecular flexibility index (Phi) is 5.72. The van der Waals surface area contributed by atoms with Crippen molar-refractivity contribution in [2.75, 3.05) is 13.7 Å². The van der Waals surface area contributed by atoms with Gasteiger partial charge in [0, 0.05) is 18.5 Å². The summed E-state index contributed by atoms with van der Waals surface area (Å²) in [6, 6.07) is 4.95. The van der Waals surface area contributed by atoms with Crippen molar-refractivity contribution in [1.29, 1.82) is 0 Å². The molecular formula is C13H19ClFNO. The predicted molar refractivity (Wildman–Crippen MR) is 69.1 cm³/mol. The average molecular weight is 260 g/mol. The molecule has 17 heavy (non-hydrogen) atoms. The van der Waals surface area contributed by atoms with Crippen LogP contribution in [0.2, 0.25) is 0 Å². The molecule has 1 atom stereocenters. The number of ether oxygens (including phenoxy) is 1. The quantitative estimate of drug-likeness (QED) is 0.793. The van der Waals surface area contributed by atoms with E-state index in [-0.39, 0.29) is 16.9 Å². The van der Waals surface area contributed by atoms with Gasteiger partial charge in [-0.25, -0.2) is 4.39 Å². The smallest absolute Gasteiger partial charge is 0.165 e. The summed E-state index contributed by atoms with van der Waals surface area (Å²) in [5.74, 6) is 0.362. The maximum atomic E-state index is 13.4. The number of nitrogens with one attached hydrogen (secondary N) is 1. The Morgan fingerprint density at radius 1 is 1.41 bits per heavy atom. The Balaban J connectivity index is 2.45. The van der Waals surface area contributed by atoms with Crippen LogP contribution in [-0.4, -0.2) is 19.0 Å². The van der Waals surface area contributed by atoms with E-state index < -0.39 is 0 Å². The summed E-state index contributed by atoms with van der Waals surface area (Å²) < 4.78 is 18.2. The van der Waals surface area contributed by atoms with Crippen molar-refractivity contribution in [3.8, 4) is 5.75 Å². The molecule has 1 rings (SSSR count). The lowest BCUT2D eigenvalue weighted by Crippen LogP contribution is -2.26. The summed E-state index contributed by atoms with van der Waals surface area (Å²) in [6.07, 6.45) is 0. The van der Waals surface area contributed by atoms with Crippen LogP contribution in [0.5, 0.6) is 5.75 Å². The molecule has 4 heteroatoms. The van der Waals surface area contributed by atoms with Crippen molar-refractivity contribution in [2.24, 2.45) is 5.92 Å². The minimum Gasteiger partial charge on any atom is -0.494 e. The van der Waals surface area contributed by atoms with Gasteiger partial charge in [0.2, 0.25) is 0 Å². The third kappa shape index (κ3) is 4.52. The summed E-state index contributed by atoms with van der Waals surface area (Å²) in [5.41, 5.74) is 0.885. The predicted octanol–water partition coefficient (Wildman–Crippen LogP) is 3.19. The zero-order chi connectivity index (χ0) is 12.8. The first-order valence-electron chi connectivity index (χ1n) is 5.71. The monoisotopic (exact) mass is 259 g/mol. The van der Waals surface area contributed by atoms with Gasteiger partial charge in [0.15, 0.2) is 11.6 Å². The zero-order valence-corrected chi connectivity index (χ0v) is 11.2. The summed E-state index contributed by atoms with van der Waals surface area (Å²) in [6.45, 7) is 5.47. The molecule has 1 aromatic rings. The number of methoxy groups -OCH3 is 1. The van der Waals surface area contributed by atoms with Gasteiger partial charge in [0.05, 0.1) is 7.11 Å². The van der Waals surface area contributed by atoms with Gasteiger partial charge in [-0.05, 0) is 23.6 Å². The molecule has 0 radical (unpaired) electrons. The molecule has 96 valence electrons. The minimum atomic E-state index is -0.335. The molecule has 0 aliphatic rings. The Hall–Kier alpha value is -0.800. The van der Waals surface area contributed by atoms with Gasteiger partial charge in [-0.3, -0.25) is 0 Å². The van der Waals surface area contributed by atoms with Crippen LogP contribution in [0, 0.1) is 11.7 Å². The fourth-order valence-corrected chi connectivity index (χ4v) is 1.52. The molecule has 0 aliphatic heterocycles. The number of rotatable bonds is 6. The number of benzene rings is 1. The number of hydrogen-bond donors (Lipinski definition) is 1. The lowest BCUT2D eigenvalue weighted by molar-refractivity contribution is 0.386. The SMILES string of the molecule is COc1ccc(CNCC(Cl)C(C)C)cc1F. The van der Waals surface area contributed by atoms with E-state index in [0.29, 0.717) is 19.0 Å². The molecule has 2 nitrogen and oxygen atoms in total. The van der Waals surface area contributed by atoms with Crippen molar-refractivity contribution in [3.05, 3.63) is 29.6 Å². The topological polar surface area (TPSA) is 21.3 Å². The average Bonchev–Trinajstić information content (AvgIpc) is 2.29. The Morgan fingerprint density at radius 3 is 2.65 bits per heavy atom. The van der Waals surface area contributed by atoms with E-state index in [9.17, 15) is 4.39 Å². The lowest BCUT2D eigenvalue weighted by atomic mass is 10.1. The van der Waals surface area contributed by atoms with Gasteiger partial charge in [-0.2, -0.15) is 0 Å². The number of hydrogen-bond acceptors (Lipinski definition) is 2. The van der Waals surface area contributed by atoms with Gasteiger partial charge >= 0.3 is 0 Å². The molecule has 1 N–H and O–H groups in total. The van der Waals surface area contributed by atoms with Gasteiger partial charge in [-0.15, -0.1) is 11.6 Å². The van der Waals surface area contributed by atoms with E-state index >= 15 is 0 Å². The molecule has 0 amide bonds. The van der Waals surface area contributed by atoms with E-state index in [4.69, 9.17) is 16.3 Å². The molecule has 0 saturated carbocycles. The molecular weight excluding hydrogens is 241 g/mol. The maximum absolute atomic E-state index is 13.4. The van der Waals surface area contributed by atoms with Crippen LogP contribution in [-0.2, 0) is 6.54 Å². The van der Waals surface area contributed by atoms with Gasteiger partial charge in [-0.1, -0.05) is 19.9 Å². The molecule has 0 bridgehead atoms. The highest BCUT2D eigenvalue weighted by Gasteiger charge is 2.09. The van der Waals surface area contributed by atoms with Crippen LogP contribution in [0.1, 0.15) is 19.4 Å². The van der Waals surface area contributed by atoms with Crippen LogP contribution in [0.25, 0.3) is 0 Å². The molecule has 0 spiro atoms. The summed E-state index contributed by atoms with van der Waals surface area (Å²) >= 11 is 6.10. The lowest BCUT2D eigenvalue weighted by Gasteiger charge is -2.14. The second kappa shape index (κ2) is 6.82. The van der Waals surface area contributed by atoms with Gasteiger partial charge in [0.25, 0.3) is 0 Å². The molecule has 1 aromatic carbocycles. The maximum Gasteiger partial charge on any atom is 0.165 e. The van der Waals surface area contributed by atoms with Crippen LogP contribution in [0.15, 0.2) is 18.2 Å². The van der Waals surface area contributed by atoms with Crippen LogP contribution in [0.4, 0.5) is 4.39 Å². The standard InChI is InChI=1S/C13H19ClFNO/c1-9(2)11(14)8-16-7-10-4-5-13(17-3)12(15)6-10/h4-6,9,11,16H,7-8H2,1-3H3. The normalized spacial score (nSPS) is 12.8. The van der Waals surface area contributed by atoms with E-state index in [0.717, 1.165) is 5.56 Å². The minimum absolute atomic E-state index is 0.0955. The van der Waals surface area contributed by atoms with Crippen molar-refractivity contribution in [3.63, 3.8) is 0 Å². The van der Waals surface area contributed by atoms with E-state index in [1.54, 1.807) is 6.07 Å². The van der Waals surface area contributed by atoms with E-state index in [1.165, 1.54) is 13.2 Å². The number of halogens is 2. The van der Waals surface area contributed by atoms with E-state index in [1.807, 2.05) is 6.07 Å². The first-order chi connectivity index (χ1) is 8.04. The van der Waals surface area contributed by atoms with Crippen LogP contribution < -0.4 is 10.1 Å². The van der Waals surface area contributed by atoms with Crippen LogP contribution in [0.3, 0.4) is 0 Å². The van der Waals surface area contributed by atoms with Crippen molar-refractivity contribution in [2.45, 2.75) is 25.8 Å². The van der Waals surface area contributed by atoms with Gasteiger partial charge in [0.1, 0.15) is 0 Å². The molecule has 1 unspecified atom stereocenters. The first-order valence-corrected chi connectivity index (χ1v) is 6.15. The molecule has 0 aromatic heterocycles. The highest BCUT2D eigenvalue weighted by atomic mass is 35.5. The first kappa shape index (κ1) is 14.3. The molecule has 0 aliphatic carbocycles. The highest BCUT2D eigenvalue weighted by molar-refractivity contribution is 6.20. The van der Waals surface area contributed by atoms with Crippen molar-refractivity contribution < 1.29 is 9.13 Å². The molecule has 0 saturated heterocycles. The van der Waals surface area contributed by atoms with E-state index in [2.05, 4.69) is 19.2 Å². The largest absolute Gasteiger partial charge is 0.494 e. The van der Waals surface area contributed by atoms with Crippen molar-refractivity contribution in [1.82, 2.24) is 5.32 Å². The Morgan fingerprint density at radius 2 is 2.12 bits per heavy atom.